The molecule has 2 atom stereocenters. The molecule has 2 rings (SSSR count). The van der Waals surface area contributed by atoms with E-state index in [0.717, 1.165) is 25.7 Å². The molecule has 2 N–H and O–H groups in total. The normalized spacial score (nSPS) is 23.0. The molecular formula is C15H21N3O2S. The topological polar surface area (TPSA) is 87.2 Å². The van der Waals surface area contributed by atoms with Crippen LogP contribution in [0, 0.1) is 17.2 Å². The second-order valence-electron chi connectivity index (χ2n) is 5.72. The zero-order valence-corrected chi connectivity index (χ0v) is 13.2. The van der Waals surface area contributed by atoms with Crippen molar-refractivity contribution < 1.29 is 8.42 Å². The molecule has 2 unspecified atom stereocenters. The fourth-order valence-corrected chi connectivity index (χ4v) is 4.63. The molecule has 0 heterocycles. The van der Waals surface area contributed by atoms with Crippen molar-refractivity contribution in [2.45, 2.75) is 43.5 Å². The zero-order valence-electron chi connectivity index (χ0n) is 12.4. The molecule has 114 valence electrons. The summed E-state index contributed by atoms with van der Waals surface area (Å²) >= 11 is 0. The first-order valence-electron chi connectivity index (χ1n) is 7.15. The highest BCUT2D eigenvalue weighted by Crippen LogP contribution is 2.31. The van der Waals surface area contributed by atoms with Crippen LogP contribution >= 0.6 is 0 Å². The number of hydrogen-bond acceptors (Lipinski definition) is 4. The van der Waals surface area contributed by atoms with Gasteiger partial charge in [0.1, 0.15) is 11.0 Å². The predicted octanol–water partition coefficient (Wildman–Crippen LogP) is 2.34. The maximum atomic E-state index is 12.8. The van der Waals surface area contributed by atoms with E-state index in [1.165, 1.54) is 22.5 Å². The predicted molar refractivity (Wildman–Crippen MR) is 81.9 cm³/mol. The lowest BCUT2D eigenvalue weighted by atomic mass is 9.86. The van der Waals surface area contributed by atoms with E-state index in [4.69, 9.17) is 11.0 Å². The smallest absolute Gasteiger partial charge is 0.244 e. The molecule has 1 saturated carbocycles. The highest BCUT2D eigenvalue weighted by molar-refractivity contribution is 7.89. The molecule has 1 fully saturated rings. The largest absolute Gasteiger partial charge is 0.399 e. The third-order valence-corrected chi connectivity index (χ3v) is 6.26. The Hall–Kier alpha value is -1.58. The number of nitriles is 1. The first-order chi connectivity index (χ1) is 9.87. The summed E-state index contributed by atoms with van der Waals surface area (Å²) in [5.74, 6) is 0.331. The van der Waals surface area contributed by atoms with Crippen LogP contribution in [0.15, 0.2) is 23.1 Å². The zero-order chi connectivity index (χ0) is 15.6. The summed E-state index contributed by atoms with van der Waals surface area (Å²) in [4.78, 5) is 0.0412. The van der Waals surface area contributed by atoms with Crippen molar-refractivity contribution in [1.29, 1.82) is 5.26 Å². The highest BCUT2D eigenvalue weighted by Gasteiger charge is 2.34. The lowest BCUT2D eigenvalue weighted by Crippen LogP contribution is -2.42. The molecule has 6 heteroatoms. The molecule has 0 bridgehead atoms. The van der Waals surface area contributed by atoms with Crippen LogP contribution in [0.3, 0.4) is 0 Å². The molecule has 0 saturated heterocycles. The van der Waals surface area contributed by atoms with Gasteiger partial charge in [0.05, 0.1) is 5.56 Å². The lowest BCUT2D eigenvalue weighted by Gasteiger charge is -2.35. The Morgan fingerprint density at radius 2 is 2.00 bits per heavy atom. The van der Waals surface area contributed by atoms with E-state index in [1.54, 1.807) is 7.05 Å². The number of nitrogens with two attached hydrogens (primary N) is 1. The van der Waals surface area contributed by atoms with Crippen LogP contribution in [-0.4, -0.2) is 25.8 Å². The van der Waals surface area contributed by atoms with Crippen molar-refractivity contribution in [3.63, 3.8) is 0 Å². The maximum absolute atomic E-state index is 12.8. The minimum absolute atomic E-state index is 0.00662. The van der Waals surface area contributed by atoms with E-state index in [0.29, 0.717) is 11.6 Å². The van der Waals surface area contributed by atoms with Gasteiger partial charge in [-0.25, -0.2) is 8.42 Å². The Labute approximate surface area is 126 Å². The second-order valence-corrected chi connectivity index (χ2v) is 7.68. The van der Waals surface area contributed by atoms with Gasteiger partial charge in [0.25, 0.3) is 0 Å². The van der Waals surface area contributed by atoms with E-state index in [-0.39, 0.29) is 16.5 Å². The van der Waals surface area contributed by atoms with Crippen molar-refractivity contribution in [3.05, 3.63) is 23.8 Å². The Bertz CT molecular complexity index is 664. The minimum Gasteiger partial charge on any atom is -0.399 e. The van der Waals surface area contributed by atoms with Gasteiger partial charge in [-0.1, -0.05) is 19.8 Å². The average molecular weight is 307 g/mol. The van der Waals surface area contributed by atoms with Crippen molar-refractivity contribution in [2.24, 2.45) is 5.92 Å². The van der Waals surface area contributed by atoms with E-state index in [1.807, 2.05) is 6.07 Å². The molecule has 0 amide bonds. The van der Waals surface area contributed by atoms with Crippen LogP contribution in [0.4, 0.5) is 5.69 Å². The second kappa shape index (κ2) is 6.04. The lowest BCUT2D eigenvalue weighted by molar-refractivity contribution is 0.213. The van der Waals surface area contributed by atoms with E-state index < -0.39 is 10.0 Å². The monoisotopic (exact) mass is 307 g/mol. The number of nitrogens with zero attached hydrogens (tertiary/aromatic N) is 2. The number of hydrogen-bond donors (Lipinski definition) is 1. The summed E-state index contributed by atoms with van der Waals surface area (Å²) in [6, 6.07) is 6.27. The number of nitrogen functional groups attached to an aromatic ring is 1. The fraction of sp³-hybridized carbons (Fsp3) is 0.533. The van der Waals surface area contributed by atoms with Gasteiger partial charge in [-0.05, 0) is 37.0 Å². The van der Waals surface area contributed by atoms with E-state index in [2.05, 4.69) is 6.92 Å². The molecule has 5 nitrogen and oxygen atoms in total. The van der Waals surface area contributed by atoms with E-state index in [9.17, 15) is 8.42 Å². The minimum atomic E-state index is -3.68. The molecule has 1 aromatic carbocycles. The first-order valence-corrected chi connectivity index (χ1v) is 8.59. The van der Waals surface area contributed by atoms with Crippen molar-refractivity contribution >= 4 is 15.7 Å². The van der Waals surface area contributed by atoms with Crippen molar-refractivity contribution in [3.8, 4) is 6.07 Å². The Morgan fingerprint density at radius 1 is 1.33 bits per heavy atom. The number of rotatable bonds is 3. The molecule has 0 spiro atoms. The van der Waals surface area contributed by atoms with Gasteiger partial charge in [-0.2, -0.15) is 9.57 Å². The molecule has 1 aliphatic carbocycles. The van der Waals surface area contributed by atoms with Crippen LogP contribution in [0.25, 0.3) is 0 Å². The maximum Gasteiger partial charge on any atom is 0.244 e. The fourth-order valence-electron chi connectivity index (χ4n) is 3.03. The first kappa shape index (κ1) is 15.8. The van der Waals surface area contributed by atoms with Gasteiger partial charge < -0.3 is 5.73 Å². The third kappa shape index (κ3) is 3.04. The van der Waals surface area contributed by atoms with Crippen LogP contribution < -0.4 is 5.73 Å². The molecule has 0 aromatic heterocycles. The molecule has 1 aliphatic rings. The standard InChI is InChI=1S/C15H21N3O2S/c1-11-5-3-4-6-14(11)18(2)21(19,20)15-8-7-13(17)9-12(15)10-16/h7-9,11,14H,3-6,17H2,1-2H3. The van der Waals surface area contributed by atoms with E-state index >= 15 is 0 Å². The molecule has 0 radical (unpaired) electrons. The summed E-state index contributed by atoms with van der Waals surface area (Å²) < 4.78 is 27.0. The Balaban J connectivity index is 2.40. The summed E-state index contributed by atoms with van der Waals surface area (Å²) in [6.07, 6.45) is 4.10. The van der Waals surface area contributed by atoms with Crippen LogP contribution in [0.2, 0.25) is 0 Å². The average Bonchev–Trinajstić information content (AvgIpc) is 2.46. The summed E-state index contributed by atoms with van der Waals surface area (Å²) in [6.45, 7) is 2.09. The number of anilines is 1. The summed E-state index contributed by atoms with van der Waals surface area (Å²) in [7, 11) is -2.07. The van der Waals surface area contributed by atoms with Gasteiger partial charge in [-0.3, -0.25) is 0 Å². The summed E-state index contributed by atoms with van der Waals surface area (Å²) in [5, 5.41) is 9.16. The SMILES string of the molecule is CC1CCCCC1N(C)S(=O)(=O)c1ccc(N)cc1C#N. The number of benzene rings is 1. The summed E-state index contributed by atoms with van der Waals surface area (Å²) in [5.41, 5.74) is 6.12. The van der Waals surface area contributed by atoms with Crippen LogP contribution in [0.1, 0.15) is 38.2 Å². The van der Waals surface area contributed by atoms with Gasteiger partial charge in [0.15, 0.2) is 0 Å². The Morgan fingerprint density at radius 3 is 2.62 bits per heavy atom. The van der Waals surface area contributed by atoms with Gasteiger partial charge in [-0.15, -0.1) is 0 Å². The molecule has 1 aromatic rings. The molecular weight excluding hydrogens is 286 g/mol. The highest BCUT2D eigenvalue weighted by atomic mass is 32.2. The van der Waals surface area contributed by atoms with Gasteiger partial charge in [0, 0.05) is 18.8 Å². The molecule has 21 heavy (non-hydrogen) atoms. The van der Waals surface area contributed by atoms with Crippen molar-refractivity contribution in [1.82, 2.24) is 4.31 Å². The van der Waals surface area contributed by atoms with Crippen LogP contribution in [0.5, 0.6) is 0 Å². The van der Waals surface area contributed by atoms with Crippen molar-refractivity contribution in [2.75, 3.05) is 12.8 Å². The number of sulfonamides is 1. The van der Waals surface area contributed by atoms with Gasteiger partial charge >= 0.3 is 0 Å². The third-order valence-electron chi connectivity index (χ3n) is 4.31. The van der Waals surface area contributed by atoms with Crippen LogP contribution in [-0.2, 0) is 10.0 Å². The Kier molecular flexibility index (Phi) is 4.55. The van der Waals surface area contributed by atoms with Gasteiger partial charge in [0.2, 0.25) is 10.0 Å². The quantitative estimate of drug-likeness (QED) is 0.868. The molecule has 0 aliphatic heterocycles.